The van der Waals surface area contributed by atoms with Gasteiger partial charge in [-0.2, -0.15) is 0 Å². The summed E-state index contributed by atoms with van der Waals surface area (Å²) in [5, 5.41) is 13.8. The Hall–Kier alpha value is -1.24. The fourth-order valence-electron chi connectivity index (χ4n) is 4.17. The lowest BCUT2D eigenvalue weighted by Gasteiger charge is -2.25. The molecule has 0 saturated heterocycles. The fourth-order valence-corrected chi connectivity index (χ4v) is 5.62. The zero-order valence-electron chi connectivity index (χ0n) is 17.7. The number of thioether (sulfide) groups is 1. The highest BCUT2D eigenvalue weighted by atomic mass is 35.5. The minimum absolute atomic E-state index is 0.00189. The Morgan fingerprint density at radius 3 is 2.73 bits per heavy atom. The first kappa shape index (κ1) is 23.4. The van der Waals surface area contributed by atoms with Gasteiger partial charge in [-0.1, -0.05) is 73.6 Å². The molecule has 0 unspecified atom stereocenters. The van der Waals surface area contributed by atoms with Crippen LogP contribution in [0.2, 0.25) is 10.0 Å². The van der Waals surface area contributed by atoms with Crippen LogP contribution in [0.3, 0.4) is 0 Å². The minimum Gasteiger partial charge on any atom is -0.355 e. The molecule has 1 aromatic heterocycles. The molecule has 1 aromatic carbocycles. The van der Waals surface area contributed by atoms with E-state index in [1.165, 1.54) is 43.9 Å². The number of hydrogen-bond donors (Lipinski definition) is 1. The first-order valence-electron chi connectivity index (χ1n) is 10.8. The number of hydrogen-bond acceptors (Lipinski definition) is 4. The predicted octanol–water partition coefficient (Wildman–Crippen LogP) is 6.19. The first-order chi connectivity index (χ1) is 14.5. The van der Waals surface area contributed by atoms with Crippen LogP contribution in [-0.2, 0) is 4.79 Å². The van der Waals surface area contributed by atoms with Crippen molar-refractivity contribution in [2.24, 2.45) is 0 Å². The van der Waals surface area contributed by atoms with Gasteiger partial charge in [-0.25, -0.2) is 0 Å². The number of benzene rings is 1. The van der Waals surface area contributed by atoms with Gasteiger partial charge in [-0.05, 0) is 43.9 Å². The fraction of sp³-hybridized carbons (Fsp3) is 0.591. The third-order valence-corrected chi connectivity index (χ3v) is 7.20. The topological polar surface area (TPSA) is 59.8 Å². The summed E-state index contributed by atoms with van der Waals surface area (Å²) in [5.74, 6) is 1.44. The van der Waals surface area contributed by atoms with Crippen LogP contribution in [0.5, 0.6) is 0 Å². The van der Waals surface area contributed by atoms with Gasteiger partial charge in [0.2, 0.25) is 5.91 Å². The third kappa shape index (κ3) is 6.14. The number of nitrogens with one attached hydrogen (secondary N) is 1. The van der Waals surface area contributed by atoms with Crippen LogP contribution in [0.15, 0.2) is 23.4 Å². The van der Waals surface area contributed by atoms with Crippen molar-refractivity contribution in [1.29, 1.82) is 0 Å². The number of aromatic nitrogens is 3. The number of halogens is 2. The SMILES string of the molecule is CCC[C@@H](CNC(=O)CSc1nnc(C)n1C1CCCCC1)c1ccc(Cl)cc1Cl. The van der Waals surface area contributed by atoms with Gasteiger partial charge in [0.1, 0.15) is 5.82 Å². The Morgan fingerprint density at radius 2 is 2.03 bits per heavy atom. The monoisotopic (exact) mass is 468 g/mol. The third-order valence-electron chi connectivity index (χ3n) is 5.69. The zero-order chi connectivity index (χ0) is 21.5. The quantitative estimate of drug-likeness (QED) is 0.445. The highest BCUT2D eigenvalue weighted by molar-refractivity contribution is 7.99. The molecule has 1 heterocycles. The second-order valence-corrected chi connectivity index (χ2v) is 9.72. The number of amides is 1. The Labute approximate surface area is 193 Å². The van der Waals surface area contributed by atoms with Crippen molar-refractivity contribution in [2.75, 3.05) is 12.3 Å². The summed E-state index contributed by atoms with van der Waals surface area (Å²) in [7, 11) is 0. The summed E-state index contributed by atoms with van der Waals surface area (Å²) < 4.78 is 2.23. The molecular formula is C22H30Cl2N4OS. The van der Waals surface area contributed by atoms with Gasteiger partial charge in [0.05, 0.1) is 5.75 Å². The highest BCUT2D eigenvalue weighted by Gasteiger charge is 2.22. The maximum Gasteiger partial charge on any atom is 0.230 e. The van der Waals surface area contributed by atoms with Crippen molar-refractivity contribution in [3.63, 3.8) is 0 Å². The average molecular weight is 469 g/mol. The number of aryl methyl sites for hydroxylation is 1. The second kappa shape index (κ2) is 11.4. The van der Waals surface area contributed by atoms with Gasteiger partial charge < -0.3 is 9.88 Å². The molecule has 0 spiro atoms. The van der Waals surface area contributed by atoms with Crippen LogP contribution in [0, 0.1) is 6.92 Å². The van der Waals surface area contributed by atoms with Crippen LogP contribution in [0.4, 0.5) is 0 Å². The molecule has 8 heteroatoms. The normalized spacial score (nSPS) is 15.9. The van der Waals surface area contributed by atoms with E-state index in [9.17, 15) is 4.79 Å². The largest absolute Gasteiger partial charge is 0.355 e. The molecule has 1 saturated carbocycles. The van der Waals surface area contributed by atoms with Crippen LogP contribution in [0.1, 0.15) is 75.2 Å². The molecule has 30 heavy (non-hydrogen) atoms. The lowest BCUT2D eigenvalue weighted by molar-refractivity contribution is -0.118. The number of carbonyl (C=O) groups is 1. The van der Waals surface area contributed by atoms with E-state index in [1.54, 1.807) is 6.07 Å². The average Bonchev–Trinajstić information content (AvgIpc) is 3.11. The van der Waals surface area contributed by atoms with Crippen LogP contribution >= 0.6 is 35.0 Å². The Bertz CT molecular complexity index is 852. The number of rotatable bonds is 9. The summed E-state index contributed by atoms with van der Waals surface area (Å²) in [4.78, 5) is 12.5. The van der Waals surface area contributed by atoms with E-state index in [2.05, 4.69) is 27.0 Å². The van der Waals surface area contributed by atoms with E-state index in [1.807, 2.05) is 19.1 Å². The predicted molar refractivity (Wildman–Crippen MR) is 125 cm³/mol. The molecule has 1 atom stereocenters. The van der Waals surface area contributed by atoms with E-state index < -0.39 is 0 Å². The van der Waals surface area contributed by atoms with E-state index in [-0.39, 0.29) is 11.8 Å². The molecule has 2 aromatic rings. The van der Waals surface area contributed by atoms with Crippen molar-refractivity contribution in [3.05, 3.63) is 39.6 Å². The molecule has 164 valence electrons. The number of carbonyl (C=O) groups excluding carboxylic acids is 1. The van der Waals surface area contributed by atoms with Crippen molar-refractivity contribution >= 4 is 40.9 Å². The van der Waals surface area contributed by atoms with Gasteiger partial charge in [0, 0.05) is 28.5 Å². The van der Waals surface area contributed by atoms with E-state index >= 15 is 0 Å². The Kier molecular flexibility index (Phi) is 8.90. The molecule has 0 radical (unpaired) electrons. The molecular weight excluding hydrogens is 439 g/mol. The standard InChI is InChI=1S/C22H30Cl2N4OS/c1-3-7-16(19-11-10-17(23)12-20(19)24)13-25-21(29)14-30-22-27-26-15(2)28(22)18-8-5-4-6-9-18/h10-12,16,18H,3-9,13-14H2,1-2H3,(H,25,29)/t16-/m0/s1. The maximum absolute atomic E-state index is 12.5. The zero-order valence-corrected chi connectivity index (χ0v) is 20.0. The molecule has 3 rings (SSSR count). The minimum atomic E-state index is 0.00189. The lowest BCUT2D eigenvalue weighted by atomic mass is 9.94. The van der Waals surface area contributed by atoms with E-state index in [0.717, 1.165) is 29.4 Å². The van der Waals surface area contributed by atoms with Gasteiger partial charge >= 0.3 is 0 Å². The van der Waals surface area contributed by atoms with Crippen molar-refractivity contribution in [1.82, 2.24) is 20.1 Å². The maximum atomic E-state index is 12.5. The lowest BCUT2D eigenvalue weighted by Crippen LogP contribution is -2.30. The van der Waals surface area contributed by atoms with Crippen molar-refractivity contribution < 1.29 is 4.79 Å². The Balaban J connectivity index is 1.56. The van der Waals surface area contributed by atoms with Gasteiger partial charge in [0.15, 0.2) is 5.16 Å². The van der Waals surface area contributed by atoms with Crippen LogP contribution < -0.4 is 5.32 Å². The van der Waals surface area contributed by atoms with Gasteiger partial charge in [-0.3, -0.25) is 4.79 Å². The van der Waals surface area contributed by atoms with E-state index in [0.29, 0.717) is 28.4 Å². The van der Waals surface area contributed by atoms with Crippen molar-refractivity contribution in [2.45, 2.75) is 75.9 Å². The molecule has 1 aliphatic rings. The Morgan fingerprint density at radius 1 is 1.27 bits per heavy atom. The molecule has 0 aliphatic heterocycles. The molecule has 1 fully saturated rings. The molecule has 1 aliphatic carbocycles. The first-order valence-corrected chi connectivity index (χ1v) is 12.5. The van der Waals surface area contributed by atoms with Gasteiger partial charge in [0.25, 0.3) is 0 Å². The number of nitrogens with zero attached hydrogens (tertiary/aromatic N) is 3. The molecule has 1 N–H and O–H groups in total. The van der Waals surface area contributed by atoms with Gasteiger partial charge in [-0.15, -0.1) is 10.2 Å². The molecule has 5 nitrogen and oxygen atoms in total. The molecule has 0 bridgehead atoms. The summed E-state index contributed by atoms with van der Waals surface area (Å²) >= 11 is 13.9. The smallest absolute Gasteiger partial charge is 0.230 e. The van der Waals surface area contributed by atoms with Crippen LogP contribution in [-0.4, -0.2) is 33.0 Å². The summed E-state index contributed by atoms with van der Waals surface area (Å²) in [6.07, 6.45) is 8.09. The highest BCUT2D eigenvalue weighted by Crippen LogP contribution is 2.33. The summed E-state index contributed by atoms with van der Waals surface area (Å²) in [6, 6.07) is 6.03. The second-order valence-electron chi connectivity index (χ2n) is 7.94. The van der Waals surface area contributed by atoms with Crippen molar-refractivity contribution in [3.8, 4) is 0 Å². The van der Waals surface area contributed by atoms with E-state index in [4.69, 9.17) is 23.2 Å². The summed E-state index contributed by atoms with van der Waals surface area (Å²) in [6.45, 7) is 4.69. The van der Waals surface area contributed by atoms with Crippen LogP contribution in [0.25, 0.3) is 0 Å². The molecule has 1 amide bonds. The summed E-state index contributed by atoms with van der Waals surface area (Å²) in [5.41, 5.74) is 1.03.